The Bertz CT molecular complexity index is 1670. The summed E-state index contributed by atoms with van der Waals surface area (Å²) in [4.78, 5) is 60.1. The van der Waals surface area contributed by atoms with E-state index in [9.17, 15) is 19.2 Å². The second-order valence-electron chi connectivity index (χ2n) is 14.9. The number of nitrogens with one attached hydrogen (secondary N) is 2. The molecule has 0 aromatic heterocycles. The number of aryl methyl sites for hydroxylation is 1. The van der Waals surface area contributed by atoms with Crippen LogP contribution in [0, 0.1) is 18.8 Å². The molecule has 0 unspecified atom stereocenters. The van der Waals surface area contributed by atoms with Gasteiger partial charge in [-0.1, -0.05) is 78.9 Å². The summed E-state index contributed by atoms with van der Waals surface area (Å²) in [6.45, 7) is 4.75. The second kappa shape index (κ2) is 18.1. The van der Waals surface area contributed by atoms with Gasteiger partial charge in [0.2, 0.25) is 23.6 Å². The van der Waals surface area contributed by atoms with E-state index in [0.717, 1.165) is 60.2 Å². The first kappa shape index (κ1) is 37.6. The third-order valence-electron chi connectivity index (χ3n) is 11.1. The summed E-state index contributed by atoms with van der Waals surface area (Å²) in [7, 11) is 0. The number of amides is 4. The molecule has 0 radical (unpaired) electrons. The number of anilines is 1. The van der Waals surface area contributed by atoms with E-state index in [1.54, 1.807) is 0 Å². The normalized spacial score (nSPS) is 23.5. The predicted octanol–water partition coefficient (Wildman–Crippen LogP) is 6.84. The molecule has 3 aromatic carbocycles. The van der Waals surface area contributed by atoms with E-state index in [-0.39, 0.29) is 35.0 Å². The Balaban J connectivity index is 1.19. The molecule has 3 aliphatic heterocycles. The van der Waals surface area contributed by atoms with Crippen LogP contribution in [0.5, 0.6) is 0 Å². The largest absolute Gasteiger partial charge is 0.344 e. The van der Waals surface area contributed by atoms with Crippen molar-refractivity contribution in [2.24, 2.45) is 11.8 Å². The highest BCUT2D eigenvalue weighted by molar-refractivity contribution is 7.99. The Morgan fingerprint density at radius 2 is 1.29 bits per heavy atom. The molecule has 52 heavy (non-hydrogen) atoms. The minimum absolute atomic E-state index is 0.0307. The average Bonchev–Trinajstić information content (AvgIpc) is 3.43. The Morgan fingerprint density at radius 1 is 0.712 bits per heavy atom. The van der Waals surface area contributed by atoms with Gasteiger partial charge in [-0.2, -0.15) is 0 Å². The number of fused-ring (bicyclic) bond motifs is 1. The number of para-hydroxylation sites is 1. The molecule has 2 N–H and O–H groups in total. The first-order valence-corrected chi connectivity index (χ1v) is 20.3. The van der Waals surface area contributed by atoms with Gasteiger partial charge in [0.25, 0.3) is 0 Å². The molecule has 6 rings (SSSR count). The van der Waals surface area contributed by atoms with E-state index in [1.807, 2.05) is 113 Å². The van der Waals surface area contributed by atoms with Crippen molar-refractivity contribution < 1.29 is 19.2 Å². The van der Waals surface area contributed by atoms with Crippen molar-refractivity contribution in [1.82, 2.24) is 15.5 Å². The first-order valence-electron chi connectivity index (χ1n) is 19.3. The SMILES string of the molecule is Cc1ccccc1N1CCCC[C@H](NC(=O)[C@H](CC[C@H](Cc2ccccc2)C(=O)N[C@H]2CCS[C@H]3CCC[C@@H](C)N3C2=O)Cc2ccccc2)C1=O. The highest BCUT2D eigenvalue weighted by atomic mass is 32.2. The topological polar surface area (TPSA) is 98.8 Å². The lowest BCUT2D eigenvalue weighted by Crippen LogP contribution is -2.55. The lowest BCUT2D eigenvalue weighted by molar-refractivity contribution is -0.140. The summed E-state index contributed by atoms with van der Waals surface area (Å²) in [5.74, 6) is -0.380. The molecular weight excluding hydrogens is 669 g/mol. The van der Waals surface area contributed by atoms with Crippen LogP contribution in [0.4, 0.5) is 5.69 Å². The van der Waals surface area contributed by atoms with Crippen molar-refractivity contribution in [2.45, 2.75) is 108 Å². The van der Waals surface area contributed by atoms with E-state index in [4.69, 9.17) is 0 Å². The molecule has 3 fully saturated rings. The van der Waals surface area contributed by atoms with E-state index in [2.05, 4.69) is 17.6 Å². The van der Waals surface area contributed by atoms with Gasteiger partial charge in [-0.25, -0.2) is 0 Å². The molecule has 0 bridgehead atoms. The maximum atomic E-state index is 14.3. The molecule has 0 spiro atoms. The highest BCUT2D eigenvalue weighted by Crippen LogP contribution is 2.34. The van der Waals surface area contributed by atoms with Crippen LogP contribution in [0.2, 0.25) is 0 Å². The van der Waals surface area contributed by atoms with Crippen LogP contribution in [0.25, 0.3) is 0 Å². The molecule has 6 atom stereocenters. The average molecular weight is 723 g/mol. The van der Waals surface area contributed by atoms with Gasteiger partial charge in [-0.3, -0.25) is 19.2 Å². The number of carbonyl (C=O) groups excluding carboxylic acids is 4. The molecule has 8 nitrogen and oxygen atoms in total. The third-order valence-corrected chi connectivity index (χ3v) is 12.4. The summed E-state index contributed by atoms with van der Waals surface area (Å²) in [6, 6.07) is 26.8. The molecule has 3 heterocycles. The number of carbonyl (C=O) groups is 4. The van der Waals surface area contributed by atoms with Crippen LogP contribution < -0.4 is 15.5 Å². The van der Waals surface area contributed by atoms with Crippen molar-refractivity contribution in [1.29, 1.82) is 0 Å². The first-order chi connectivity index (χ1) is 25.3. The summed E-state index contributed by atoms with van der Waals surface area (Å²) < 4.78 is 0. The minimum Gasteiger partial charge on any atom is -0.344 e. The number of rotatable bonds is 12. The van der Waals surface area contributed by atoms with Crippen molar-refractivity contribution in [3.8, 4) is 0 Å². The molecule has 3 saturated heterocycles. The zero-order valence-electron chi connectivity index (χ0n) is 30.7. The van der Waals surface area contributed by atoms with Gasteiger partial charge in [-0.15, -0.1) is 11.8 Å². The number of benzene rings is 3. The smallest absolute Gasteiger partial charge is 0.249 e. The Hall–Kier alpha value is -4.11. The zero-order chi connectivity index (χ0) is 36.5. The lowest BCUT2D eigenvalue weighted by atomic mass is 9.86. The quantitative estimate of drug-likeness (QED) is 0.213. The molecule has 0 aliphatic carbocycles. The Labute approximate surface area is 313 Å². The number of hydrogen-bond donors (Lipinski definition) is 2. The van der Waals surface area contributed by atoms with Crippen molar-refractivity contribution >= 4 is 41.1 Å². The number of hydrogen-bond acceptors (Lipinski definition) is 5. The zero-order valence-corrected chi connectivity index (χ0v) is 31.5. The van der Waals surface area contributed by atoms with Crippen molar-refractivity contribution in [2.75, 3.05) is 17.2 Å². The molecule has 4 amide bonds. The summed E-state index contributed by atoms with van der Waals surface area (Å²) in [6.07, 6.45) is 7.98. The van der Waals surface area contributed by atoms with Gasteiger partial charge in [0.1, 0.15) is 12.1 Å². The van der Waals surface area contributed by atoms with Crippen LogP contribution in [-0.2, 0) is 32.0 Å². The second-order valence-corrected chi connectivity index (χ2v) is 16.2. The van der Waals surface area contributed by atoms with Crippen molar-refractivity contribution in [3.05, 3.63) is 102 Å². The fourth-order valence-electron chi connectivity index (χ4n) is 8.14. The number of piperidine rings is 1. The Kier molecular flexibility index (Phi) is 13.1. The molecule has 3 aliphatic rings. The van der Waals surface area contributed by atoms with E-state index in [1.165, 1.54) is 0 Å². The van der Waals surface area contributed by atoms with Gasteiger partial charge < -0.3 is 20.4 Å². The molecular formula is C43H54N4O4S. The maximum Gasteiger partial charge on any atom is 0.249 e. The van der Waals surface area contributed by atoms with E-state index < -0.39 is 23.9 Å². The molecule has 9 heteroatoms. The maximum absolute atomic E-state index is 14.3. The summed E-state index contributed by atoms with van der Waals surface area (Å²) >= 11 is 1.83. The van der Waals surface area contributed by atoms with Crippen LogP contribution in [0.15, 0.2) is 84.9 Å². The lowest BCUT2D eigenvalue weighted by Gasteiger charge is -2.40. The Morgan fingerprint density at radius 3 is 1.90 bits per heavy atom. The predicted molar refractivity (Wildman–Crippen MR) is 209 cm³/mol. The van der Waals surface area contributed by atoms with Gasteiger partial charge in [0.05, 0.1) is 5.37 Å². The van der Waals surface area contributed by atoms with Gasteiger partial charge in [-0.05, 0) is 113 Å². The number of thioether (sulfide) groups is 1. The minimum atomic E-state index is -0.614. The van der Waals surface area contributed by atoms with Crippen LogP contribution in [0.3, 0.4) is 0 Å². The number of nitrogens with zero attached hydrogens (tertiary/aromatic N) is 2. The van der Waals surface area contributed by atoms with E-state index in [0.29, 0.717) is 45.1 Å². The van der Waals surface area contributed by atoms with Crippen LogP contribution in [0.1, 0.15) is 81.4 Å². The third kappa shape index (κ3) is 9.46. The monoisotopic (exact) mass is 722 g/mol. The fraction of sp³-hybridized carbons (Fsp3) is 0.488. The standard InChI is InChI=1S/C43H54N4O4S/c1-30-14-9-10-21-38(30)46-26-12-11-20-36(42(46)50)44-40(48)34(28-32-16-5-3-6-17-32)23-24-35(29-33-18-7-4-8-19-33)41(49)45-37-25-27-52-39-22-13-15-31(2)47(39)43(37)51/h3-10,14,16-19,21,31,34-37,39H,11-13,15,20,22-29H2,1-2H3,(H,44,48)(H,45,49)/t31-,34-,35-,36+,37+,39+/m1/s1. The molecule has 3 aromatic rings. The van der Waals surface area contributed by atoms with Gasteiger partial charge >= 0.3 is 0 Å². The fourth-order valence-corrected chi connectivity index (χ4v) is 9.59. The van der Waals surface area contributed by atoms with E-state index >= 15 is 0 Å². The van der Waals surface area contributed by atoms with Gasteiger partial charge in [0.15, 0.2) is 0 Å². The summed E-state index contributed by atoms with van der Waals surface area (Å²) in [5.41, 5.74) is 3.99. The summed E-state index contributed by atoms with van der Waals surface area (Å²) in [5, 5.41) is 6.55. The van der Waals surface area contributed by atoms with Crippen LogP contribution >= 0.6 is 11.8 Å². The molecule has 0 saturated carbocycles. The molecule has 276 valence electrons. The van der Waals surface area contributed by atoms with Gasteiger partial charge in [0, 0.05) is 30.1 Å². The highest BCUT2D eigenvalue weighted by Gasteiger charge is 2.39. The van der Waals surface area contributed by atoms with Crippen LogP contribution in [-0.4, -0.2) is 64.3 Å². The van der Waals surface area contributed by atoms with Crippen molar-refractivity contribution in [3.63, 3.8) is 0 Å².